The van der Waals surface area contributed by atoms with Crippen molar-refractivity contribution < 1.29 is 0 Å². The van der Waals surface area contributed by atoms with Crippen molar-refractivity contribution >= 4 is 17.6 Å². The van der Waals surface area contributed by atoms with Gasteiger partial charge in [0.2, 0.25) is 0 Å². The molecule has 17 heavy (non-hydrogen) atoms. The summed E-state index contributed by atoms with van der Waals surface area (Å²) >= 11 is 1.59. The maximum atomic E-state index is 4.51. The predicted molar refractivity (Wildman–Crippen MR) is 72.7 cm³/mol. The van der Waals surface area contributed by atoms with Crippen LogP contribution in [0.3, 0.4) is 0 Å². The molecule has 1 aromatic rings. The molecule has 0 radical (unpaired) electrons. The van der Waals surface area contributed by atoms with Gasteiger partial charge in [0.1, 0.15) is 5.82 Å². The first-order chi connectivity index (χ1) is 8.29. The van der Waals surface area contributed by atoms with Crippen LogP contribution >= 0.6 is 11.8 Å². The molecule has 1 N–H and O–H groups in total. The van der Waals surface area contributed by atoms with Crippen molar-refractivity contribution in [2.24, 2.45) is 5.92 Å². The van der Waals surface area contributed by atoms with Gasteiger partial charge in [-0.3, -0.25) is 0 Å². The van der Waals surface area contributed by atoms with Crippen molar-refractivity contribution in [3.8, 4) is 0 Å². The fourth-order valence-corrected chi connectivity index (χ4v) is 2.55. The van der Waals surface area contributed by atoms with E-state index in [1.165, 1.54) is 19.4 Å². The van der Waals surface area contributed by atoms with E-state index in [1.54, 1.807) is 11.8 Å². The number of nitrogens with one attached hydrogen (secondary N) is 1. The van der Waals surface area contributed by atoms with Gasteiger partial charge in [0.05, 0.1) is 0 Å². The normalized spacial score (nSPS) is 20.2. The van der Waals surface area contributed by atoms with E-state index >= 15 is 0 Å². The van der Waals surface area contributed by atoms with Gasteiger partial charge >= 0.3 is 0 Å². The van der Waals surface area contributed by atoms with E-state index in [9.17, 15) is 0 Å². The summed E-state index contributed by atoms with van der Waals surface area (Å²) in [5.74, 6) is 1.76. The predicted octanol–water partition coefficient (Wildman–Crippen LogP) is 1.63. The number of anilines is 1. The lowest BCUT2D eigenvalue weighted by molar-refractivity contribution is 0.380. The molecule has 0 amide bonds. The Kier molecular flexibility index (Phi) is 4.62. The van der Waals surface area contributed by atoms with Gasteiger partial charge in [0, 0.05) is 19.8 Å². The summed E-state index contributed by atoms with van der Waals surface area (Å²) in [6.45, 7) is 3.37. The van der Waals surface area contributed by atoms with Crippen molar-refractivity contribution in [1.29, 1.82) is 0 Å². The lowest BCUT2D eigenvalue weighted by atomic mass is 9.99. The molecule has 1 aromatic heterocycles. The zero-order valence-corrected chi connectivity index (χ0v) is 11.3. The lowest BCUT2D eigenvalue weighted by Crippen LogP contribution is -2.37. The molecule has 1 aliphatic heterocycles. The molecular weight excluding hydrogens is 232 g/mol. The average Bonchev–Trinajstić information content (AvgIpc) is 2.40. The molecule has 1 saturated heterocycles. The van der Waals surface area contributed by atoms with Crippen molar-refractivity contribution in [3.63, 3.8) is 0 Å². The fraction of sp³-hybridized carbons (Fsp3) is 0.667. The monoisotopic (exact) mass is 252 g/mol. The Labute approximate surface area is 107 Å². The highest BCUT2D eigenvalue weighted by molar-refractivity contribution is 7.98. The van der Waals surface area contributed by atoms with Gasteiger partial charge in [-0.05, 0) is 44.2 Å². The molecule has 0 aliphatic carbocycles. The van der Waals surface area contributed by atoms with Gasteiger partial charge in [-0.15, -0.1) is 0 Å². The Morgan fingerprint density at radius 2 is 2.47 bits per heavy atom. The van der Waals surface area contributed by atoms with Crippen LogP contribution in [0.15, 0.2) is 17.4 Å². The minimum Gasteiger partial charge on any atom is -0.359 e. The van der Waals surface area contributed by atoms with E-state index in [0.717, 1.165) is 30.0 Å². The molecule has 4 nitrogen and oxygen atoms in total. The van der Waals surface area contributed by atoms with E-state index in [0.29, 0.717) is 0 Å². The molecule has 0 unspecified atom stereocenters. The lowest BCUT2D eigenvalue weighted by Gasteiger charge is -2.28. The first kappa shape index (κ1) is 12.6. The van der Waals surface area contributed by atoms with Crippen LogP contribution in [0.5, 0.6) is 0 Å². The fourth-order valence-electron chi connectivity index (χ4n) is 2.20. The second kappa shape index (κ2) is 6.21. The van der Waals surface area contributed by atoms with Gasteiger partial charge in [-0.2, -0.15) is 0 Å². The van der Waals surface area contributed by atoms with Gasteiger partial charge in [-0.25, -0.2) is 9.97 Å². The second-order valence-electron chi connectivity index (χ2n) is 4.49. The summed E-state index contributed by atoms with van der Waals surface area (Å²) in [5.41, 5.74) is 0. The molecular formula is C12H20N4S. The molecule has 1 atom stereocenters. The third-order valence-corrected chi connectivity index (χ3v) is 3.69. The quantitative estimate of drug-likeness (QED) is 0.651. The van der Waals surface area contributed by atoms with Crippen LogP contribution in [0.25, 0.3) is 0 Å². The van der Waals surface area contributed by atoms with Crippen LogP contribution in [-0.2, 0) is 0 Å². The molecule has 0 spiro atoms. The maximum Gasteiger partial charge on any atom is 0.189 e. The number of rotatable bonds is 4. The van der Waals surface area contributed by atoms with Crippen LogP contribution in [-0.4, -0.2) is 42.9 Å². The summed E-state index contributed by atoms with van der Waals surface area (Å²) in [6.07, 6.45) is 6.45. The number of hydrogen-bond donors (Lipinski definition) is 1. The number of hydrogen-bond acceptors (Lipinski definition) is 5. The average molecular weight is 252 g/mol. The molecule has 1 fully saturated rings. The summed E-state index contributed by atoms with van der Waals surface area (Å²) < 4.78 is 0. The van der Waals surface area contributed by atoms with Gasteiger partial charge < -0.3 is 10.2 Å². The maximum absolute atomic E-state index is 4.51. The Morgan fingerprint density at radius 3 is 3.18 bits per heavy atom. The molecule has 0 aromatic carbocycles. The largest absolute Gasteiger partial charge is 0.359 e. The minimum absolute atomic E-state index is 0.737. The number of thioether (sulfide) groups is 1. The Hall–Kier alpha value is -0.810. The number of aromatic nitrogens is 2. The third kappa shape index (κ3) is 3.57. The highest BCUT2D eigenvalue weighted by atomic mass is 32.2. The zero-order chi connectivity index (χ0) is 12.1. The Bertz CT molecular complexity index is 352. The van der Waals surface area contributed by atoms with Crippen LogP contribution in [0.2, 0.25) is 0 Å². The molecule has 5 heteroatoms. The van der Waals surface area contributed by atoms with E-state index in [-0.39, 0.29) is 0 Å². The van der Waals surface area contributed by atoms with E-state index < -0.39 is 0 Å². The highest BCUT2D eigenvalue weighted by Gasteiger charge is 2.15. The van der Waals surface area contributed by atoms with Gasteiger partial charge in [0.25, 0.3) is 0 Å². The van der Waals surface area contributed by atoms with E-state index in [2.05, 4.69) is 27.2 Å². The number of piperidine rings is 1. The molecule has 2 rings (SSSR count). The van der Waals surface area contributed by atoms with Gasteiger partial charge in [0.15, 0.2) is 5.16 Å². The van der Waals surface area contributed by atoms with Crippen LogP contribution < -0.4 is 10.2 Å². The van der Waals surface area contributed by atoms with E-state index in [4.69, 9.17) is 0 Å². The molecule has 0 saturated carbocycles. The Balaban J connectivity index is 1.95. The summed E-state index contributed by atoms with van der Waals surface area (Å²) in [5, 5.41) is 4.29. The highest BCUT2D eigenvalue weighted by Crippen LogP contribution is 2.17. The smallest absolute Gasteiger partial charge is 0.189 e. The molecule has 1 aliphatic rings. The van der Waals surface area contributed by atoms with E-state index in [1.807, 2.05) is 18.5 Å². The van der Waals surface area contributed by atoms with Crippen molar-refractivity contribution in [2.75, 3.05) is 37.8 Å². The molecule has 2 heterocycles. The van der Waals surface area contributed by atoms with Crippen molar-refractivity contribution in [2.45, 2.75) is 18.0 Å². The Morgan fingerprint density at radius 1 is 1.59 bits per heavy atom. The first-order valence-electron chi connectivity index (χ1n) is 6.08. The summed E-state index contributed by atoms with van der Waals surface area (Å²) in [7, 11) is 2.11. The summed E-state index contributed by atoms with van der Waals surface area (Å²) in [4.78, 5) is 10.9. The van der Waals surface area contributed by atoms with Crippen molar-refractivity contribution in [3.05, 3.63) is 12.3 Å². The van der Waals surface area contributed by atoms with Crippen LogP contribution in [0.4, 0.5) is 5.82 Å². The van der Waals surface area contributed by atoms with Crippen LogP contribution in [0, 0.1) is 5.92 Å². The summed E-state index contributed by atoms with van der Waals surface area (Å²) in [6, 6.07) is 1.98. The SMILES string of the molecule is CSc1nccc(N(C)C[C@@H]2CCCNC2)n1. The zero-order valence-electron chi connectivity index (χ0n) is 10.5. The third-order valence-electron chi connectivity index (χ3n) is 3.12. The second-order valence-corrected chi connectivity index (χ2v) is 5.27. The van der Waals surface area contributed by atoms with Gasteiger partial charge in [-0.1, -0.05) is 11.8 Å². The number of nitrogens with zero attached hydrogens (tertiary/aromatic N) is 3. The van der Waals surface area contributed by atoms with Crippen LogP contribution in [0.1, 0.15) is 12.8 Å². The standard InChI is InChI=1S/C12H20N4S/c1-16(9-10-4-3-6-13-8-10)11-5-7-14-12(15-11)17-2/h5,7,10,13H,3-4,6,8-9H2,1-2H3/t10-/m1/s1. The topological polar surface area (TPSA) is 41.1 Å². The first-order valence-corrected chi connectivity index (χ1v) is 7.31. The minimum atomic E-state index is 0.737. The van der Waals surface area contributed by atoms with Crippen molar-refractivity contribution in [1.82, 2.24) is 15.3 Å². The molecule has 0 bridgehead atoms. The molecule has 94 valence electrons.